The second-order valence-electron chi connectivity index (χ2n) is 5.87. The van der Waals surface area contributed by atoms with E-state index in [0.29, 0.717) is 23.6 Å². The van der Waals surface area contributed by atoms with Crippen LogP contribution in [0.25, 0.3) is 0 Å². The molecule has 0 bridgehead atoms. The first-order chi connectivity index (χ1) is 13.0. The van der Waals surface area contributed by atoms with Crippen molar-refractivity contribution >= 4 is 29.2 Å². The van der Waals surface area contributed by atoms with Gasteiger partial charge in [0.15, 0.2) is 5.82 Å². The zero-order chi connectivity index (χ0) is 19.6. The van der Waals surface area contributed by atoms with Crippen LogP contribution in [-0.2, 0) is 16.0 Å². The Balaban J connectivity index is 1.88. The number of aromatic amines is 1. The number of amides is 3. The smallest absolute Gasteiger partial charge is 0.315 e. The lowest BCUT2D eigenvalue weighted by molar-refractivity contribution is -0.133. The molecule has 2 aromatic rings. The SMILES string of the molecule is C=CCNC(=O)c1ccc(NC(=O)C(=O)Nc2cc(CCCC)[nH]n2)cc1. The molecule has 0 unspecified atom stereocenters. The molecule has 0 aliphatic rings. The van der Waals surface area contributed by atoms with Gasteiger partial charge in [-0.2, -0.15) is 5.10 Å². The third-order valence-corrected chi connectivity index (χ3v) is 3.69. The summed E-state index contributed by atoms with van der Waals surface area (Å²) in [4.78, 5) is 35.8. The highest BCUT2D eigenvalue weighted by molar-refractivity contribution is 6.43. The number of aryl methyl sites for hydroxylation is 1. The topological polar surface area (TPSA) is 116 Å². The monoisotopic (exact) mass is 369 g/mol. The van der Waals surface area contributed by atoms with Gasteiger partial charge in [0, 0.05) is 29.6 Å². The lowest BCUT2D eigenvalue weighted by Crippen LogP contribution is -2.29. The van der Waals surface area contributed by atoms with E-state index in [-0.39, 0.29) is 5.91 Å². The lowest BCUT2D eigenvalue weighted by atomic mass is 10.2. The number of nitrogens with zero attached hydrogens (tertiary/aromatic N) is 1. The van der Waals surface area contributed by atoms with Crippen LogP contribution in [0.1, 0.15) is 35.8 Å². The molecule has 1 heterocycles. The summed E-state index contributed by atoms with van der Waals surface area (Å²) in [6.45, 7) is 5.98. The number of aromatic nitrogens is 2. The molecular weight excluding hydrogens is 346 g/mol. The van der Waals surface area contributed by atoms with E-state index < -0.39 is 11.8 Å². The van der Waals surface area contributed by atoms with Gasteiger partial charge < -0.3 is 16.0 Å². The summed E-state index contributed by atoms with van der Waals surface area (Å²) in [6, 6.07) is 7.91. The first kappa shape index (κ1) is 19.9. The van der Waals surface area contributed by atoms with Gasteiger partial charge in [-0.1, -0.05) is 19.4 Å². The van der Waals surface area contributed by atoms with Crippen molar-refractivity contribution in [3.63, 3.8) is 0 Å². The minimum atomic E-state index is -0.823. The summed E-state index contributed by atoms with van der Waals surface area (Å²) in [5.74, 6) is -1.59. The maximum atomic E-state index is 12.0. The van der Waals surface area contributed by atoms with Crippen LogP contribution in [0, 0.1) is 0 Å². The molecule has 1 aromatic carbocycles. The molecule has 0 aliphatic heterocycles. The Morgan fingerprint density at radius 1 is 1.15 bits per heavy atom. The van der Waals surface area contributed by atoms with Gasteiger partial charge in [0.2, 0.25) is 0 Å². The quantitative estimate of drug-likeness (QED) is 0.422. The number of hydrogen-bond donors (Lipinski definition) is 4. The molecular formula is C19H23N5O3. The van der Waals surface area contributed by atoms with Crippen molar-refractivity contribution in [1.29, 1.82) is 0 Å². The summed E-state index contributed by atoms with van der Waals surface area (Å²) in [5.41, 5.74) is 1.74. The fraction of sp³-hybridized carbons (Fsp3) is 0.263. The largest absolute Gasteiger partial charge is 0.349 e. The first-order valence-corrected chi connectivity index (χ1v) is 8.69. The molecule has 0 aliphatic carbocycles. The van der Waals surface area contributed by atoms with E-state index in [4.69, 9.17) is 0 Å². The van der Waals surface area contributed by atoms with Gasteiger partial charge in [-0.15, -0.1) is 6.58 Å². The predicted octanol–water partition coefficient (Wildman–Crippen LogP) is 2.25. The van der Waals surface area contributed by atoms with Crippen molar-refractivity contribution in [3.8, 4) is 0 Å². The number of carbonyl (C=O) groups excluding carboxylic acids is 3. The van der Waals surface area contributed by atoms with Gasteiger partial charge in [-0.3, -0.25) is 19.5 Å². The highest BCUT2D eigenvalue weighted by Gasteiger charge is 2.16. The number of benzene rings is 1. The average Bonchev–Trinajstić information content (AvgIpc) is 3.12. The van der Waals surface area contributed by atoms with Crippen LogP contribution in [0.15, 0.2) is 43.0 Å². The van der Waals surface area contributed by atoms with Crippen molar-refractivity contribution in [2.45, 2.75) is 26.2 Å². The van der Waals surface area contributed by atoms with E-state index >= 15 is 0 Å². The van der Waals surface area contributed by atoms with Crippen LogP contribution in [0.5, 0.6) is 0 Å². The maximum Gasteiger partial charge on any atom is 0.315 e. The van der Waals surface area contributed by atoms with Crippen LogP contribution < -0.4 is 16.0 Å². The molecule has 1 aromatic heterocycles. The van der Waals surface area contributed by atoms with Gasteiger partial charge in [-0.25, -0.2) is 0 Å². The minimum absolute atomic E-state index is 0.247. The average molecular weight is 369 g/mol. The number of carbonyl (C=O) groups is 3. The molecule has 142 valence electrons. The molecule has 0 atom stereocenters. The molecule has 0 saturated carbocycles. The number of rotatable bonds is 8. The van der Waals surface area contributed by atoms with Gasteiger partial charge in [0.25, 0.3) is 5.91 Å². The zero-order valence-corrected chi connectivity index (χ0v) is 15.2. The second kappa shape index (κ2) is 9.91. The summed E-state index contributed by atoms with van der Waals surface area (Å²) >= 11 is 0. The molecule has 8 heteroatoms. The number of H-pyrrole nitrogens is 1. The van der Waals surface area contributed by atoms with E-state index in [9.17, 15) is 14.4 Å². The number of unbranched alkanes of at least 4 members (excludes halogenated alkanes) is 1. The van der Waals surface area contributed by atoms with Crippen molar-refractivity contribution in [2.24, 2.45) is 0 Å². The van der Waals surface area contributed by atoms with Crippen LogP contribution in [0.4, 0.5) is 11.5 Å². The Labute approximate surface area is 157 Å². The minimum Gasteiger partial charge on any atom is -0.349 e. The molecule has 0 spiro atoms. The molecule has 8 nitrogen and oxygen atoms in total. The Bertz CT molecular complexity index is 811. The normalized spacial score (nSPS) is 10.1. The highest BCUT2D eigenvalue weighted by atomic mass is 16.2. The van der Waals surface area contributed by atoms with E-state index in [1.54, 1.807) is 36.4 Å². The molecule has 0 fully saturated rings. The standard InChI is InChI=1S/C19H23N5O3/c1-3-5-6-15-12-16(24-23-15)22-19(27)18(26)21-14-9-7-13(8-10-14)17(25)20-11-4-2/h4,7-10,12H,2-3,5-6,11H2,1H3,(H,20,25)(H,21,26)(H2,22,23,24,27). The lowest BCUT2D eigenvalue weighted by Gasteiger charge is -2.06. The third kappa shape index (κ3) is 6.10. The first-order valence-electron chi connectivity index (χ1n) is 8.69. The predicted molar refractivity (Wildman–Crippen MR) is 103 cm³/mol. The highest BCUT2D eigenvalue weighted by Crippen LogP contribution is 2.11. The van der Waals surface area contributed by atoms with Crippen molar-refractivity contribution < 1.29 is 14.4 Å². The van der Waals surface area contributed by atoms with Crippen LogP contribution in [0.3, 0.4) is 0 Å². The summed E-state index contributed by atoms with van der Waals surface area (Å²) in [5, 5.41) is 14.4. The maximum absolute atomic E-state index is 12.0. The van der Waals surface area contributed by atoms with Crippen molar-refractivity contribution in [1.82, 2.24) is 15.5 Å². The van der Waals surface area contributed by atoms with Gasteiger partial charge in [0.05, 0.1) is 0 Å². The number of anilines is 2. The fourth-order valence-corrected chi connectivity index (χ4v) is 2.25. The van der Waals surface area contributed by atoms with E-state index in [1.807, 2.05) is 0 Å². The molecule has 2 rings (SSSR count). The van der Waals surface area contributed by atoms with E-state index in [0.717, 1.165) is 25.0 Å². The van der Waals surface area contributed by atoms with Crippen molar-refractivity contribution in [2.75, 3.05) is 17.2 Å². The molecule has 27 heavy (non-hydrogen) atoms. The Morgan fingerprint density at radius 3 is 2.52 bits per heavy atom. The Kier molecular flexibility index (Phi) is 7.30. The van der Waals surface area contributed by atoms with Crippen molar-refractivity contribution in [3.05, 3.63) is 54.2 Å². The van der Waals surface area contributed by atoms with Gasteiger partial charge in [0.1, 0.15) is 0 Å². The summed E-state index contributed by atoms with van der Waals surface area (Å²) in [6.07, 6.45) is 4.48. The Hall–Kier alpha value is -3.42. The van der Waals surface area contributed by atoms with Gasteiger partial charge >= 0.3 is 11.8 Å². The Morgan fingerprint density at radius 2 is 1.85 bits per heavy atom. The van der Waals surface area contributed by atoms with Crippen LogP contribution >= 0.6 is 0 Å². The molecule has 3 amide bonds. The van der Waals surface area contributed by atoms with Crippen LogP contribution in [-0.4, -0.2) is 34.5 Å². The summed E-state index contributed by atoms with van der Waals surface area (Å²) in [7, 11) is 0. The summed E-state index contributed by atoms with van der Waals surface area (Å²) < 4.78 is 0. The number of nitrogens with one attached hydrogen (secondary N) is 4. The number of hydrogen-bond acceptors (Lipinski definition) is 4. The third-order valence-electron chi connectivity index (χ3n) is 3.69. The molecule has 0 radical (unpaired) electrons. The van der Waals surface area contributed by atoms with E-state index in [1.165, 1.54) is 0 Å². The molecule has 0 saturated heterocycles. The second-order valence-corrected chi connectivity index (χ2v) is 5.87. The van der Waals surface area contributed by atoms with Gasteiger partial charge in [-0.05, 0) is 37.1 Å². The van der Waals surface area contributed by atoms with E-state index in [2.05, 4.69) is 39.7 Å². The fourth-order valence-electron chi connectivity index (χ4n) is 2.25. The van der Waals surface area contributed by atoms with Crippen LogP contribution in [0.2, 0.25) is 0 Å². The molecule has 4 N–H and O–H groups in total. The zero-order valence-electron chi connectivity index (χ0n) is 15.2.